The highest BCUT2D eigenvalue weighted by molar-refractivity contribution is 5.47. The zero-order valence-electron chi connectivity index (χ0n) is 11.2. The van der Waals surface area contributed by atoms with Gasteiger partial charge in [-0.25, -0.2) is 4.98 Å². The van der Waals surface area contributed by atoms with Crippen LogP contribution in [0.1, 0.15) is 20.8 Å². The Bertz CT molecular complexity index is 328. The Hall–Kier alpha value is -1.29. The van der Waals surface area contributed by atoms with E-state index in [2.05, 4.69) is 36.0 Å². The lowest BCUT2D eigenvalue weighted by atomic mass is 10.3. The lowest BCUT2D eigenvalue weighted by molar-refractivity contribution is 0.398. The second-order valence-corrected chi connectivity index (χ2v) is 4.24. The number of pyridine rings is 1. The van der Waals surface area contributed by atoms with Gasteiger partial charge in [0.1, 0.15) is 0 Å². The number of ether oxygens (including phenoxy) is 1. The molecule has 4 heteroatoms. The first-order valence-electron chi connectivity index (χ1n) is 6.15. The molecule has 1 aromatic rings. The van der Waals surface area contributed by atoms with Crippen LogP contribution in [-0.4, -0.2) is 37.8 Å². The first kappa shape index (κ1) is 13.8. The van der Waals surface area contributed by atoms with Gasteiger partial charge in [-0.1, -0.05) is 13.8 Å². The number of rotatable bonds is 7. The molecule has 0 aliphatic carbocycles. The van der Waals surface area contributed by atoms with Crippen molar-refractivity contribution in [2.75, 3.05) is 31.6 Å². The van der Waals surface area contributed by atoms with Gasteiger partial charge in [0.05, 0.1) is 7.11 Å². The number of methoxy groups -OCH3 is 1. The minimum absolute atomic E-state index is 0.528. The third kappa shape index (κ3) is 4.61. The van der Waals surface area contributed by atoms with Gasteiger partial charge >= 0.3 is 0 Å². The SMILES string of the molecule is CCN(CCNC(C)C)c1ccnc(OC)c1. The molecule has 0 spiro atoms. The van der Waals surface area contributed by atoms with Gasteiger partial charge in [0.25, 0.3) is 0 Å². The van der Waals surface area contributed by atoms with E-state index in [1.165, 1.54) is 0 Å². The zero-order chi connectivity index (χ0) is 12.7. The van der Waals surface area contributed by atoms with Gasteiger partial charge in [-0.2, -0.15) is 0 Å². The third-order valence-electron chi connectivity index (χ3n) is 2.61. The standard InChI is InChI=1S/C13H23N3O/c1-5-16(9-8-14-11(2)3)12-6-7-15-13(10-12)17-4/h6-7,10-11,14H,5,8-9H2,1-4H3. The summed E-state index contributed by atoms with van der Waals surface area (Å²) in [4.78, 5) is 6.42. The van der Waals surface area contributed by atoms with Crippen molar-refractivity contribution < 1.29 is 4.74 Å². The first-order chi connectivity index (χ1) is 8.17. The molecule has 0 fully saturated rings. The van der Waals surface area contributed by atoms with Crippen molar-refractivity contribution in [3.63, 3.8) is 0 Å². The van der Waals surface area contributed by atoms with Crippen LogP contribution in [0.4, 0.5) is 5.69 Å². The van der Waals surface area contributed by atoms with Crippen LogP contribution in [0.3, 0.4) is 0 Å². The highest BCUT2D eigenvalue weighted by Gasteiger charge is 2.05. The number of aromatic nitrogens is 1. The normalized spacial score (nSPS) is 10.6. The Kier molecular flexibility index (Phi) is 5.77. The molecule has 0 saturated carbocycles. The number of anilines is 1. The predicted molar refractivity (Wildman–Crippen MR) is 71.8 cm³/mol. The minimum Gasteiger partial charge on any atom is -0.481 e. The van der Waals surface area contributed by atoms with E-state index >= 15 is 0 Å². The fourth-order valence-electron chi connectivity index (χ4n) is 1.67. The van der Waals surface area contributed by atoms with Crippen molar-refractivity contribution in [2.24, 2.45) is 0 Å². The minimum atomic E-state index is 0.528. The number of hydrogen-bond acceptors (Lipinski definition) is 4. The maximum atomic E-state index is 5.14. The highest BCUT2D eigenvalue weighted by atomic mass is 16.5. The van der Waals surface area contributed by atoms with Gasteiger partial charge < -0.3 is 15.0 Å². The van der Waals surface area contributed by atoms with Crippen LogP contribution in [0.2, 0.25) is 0 Å². The second kappa shape index (κ2) is 7.12. The average molecular weight is 237 g/mol. The van der Waals surface area contributed by atoms with Crippen molar-refractivity contribution in [2.45, 2.75) is 26.8 Å². The summed E-state index contributed by atoms with van der Waals surface area (Å²) in [7, 11) is 1.64. The van der Waals surface area contributed by atoms with Gasteiger partial charge in [-0.05, 0) is 13.0 Å². The summed E-state index contributed by atoms with van der Waals surface area (Å²) in [5.41, 5.74) is 1.16. The van der Waals surface area contributed by atoms with E-state index in [1.807, 2.05) is 12.1 Å². The molecule has 96 valence electrons. The molecular formula is C13H23N3O. The lowest BCUT2D eigenvalue weighted by Gasteiger charge is -2.24. The number of hydrogen-bond donors (Lipinski definition) is 1. The van der Waals surface area contributed by atoms with Crippen LogP contribution < -0.4 is 15.0 Å². The third-order valence-corrected chi connectivity index (χ3v) is 2.61. The van der Waals surface area contributed by atoms with Gasteiger partial charge in [0.2, 0.25) is 5.88 Å². The molecule has 17 heavy (non-hydrogen) atoms. The molecule has 1 heterocycles. The van der Waals surface area contributed by atoms with Crippen LogP contribution in [0.25, 0.3) is 0 Å². The quantitative estimate of drug-likeness (QED) is 0.786. The maximum absolute atomic E-state index is 5.14. The van der Waals surface area contributed by atoms with Crippen LogP contribution in [-0.2, 0) is 0 Å². The molecule has 0 saturated heterocycles. The van der Waals surface area contributed by atoms with Crippen LogP contribution >= 0.6 is 0 Å². The summed E-state index contributed by atoms with van der Waals surface area (Å²) in [5, 5.41) is 3.42. The summed E-state index contributed by atoms with van der Waals surface area (Å²) < 4.78 is 5.14. The number of nitrogens with one attached hydrogen (secondary N) is 1. The Balaban J connectivity index is 2.59. The molecule has 0 unspecified atom stereocenters. The van der Waals surface area contributed by atoms with Crippen LogP contribution in [0, 0.1) is 0 Å². The van der Waals surface area contributed by atoms with Crippen molar-refractivity contribution in [3.05, 3.63) is 18.3 Å². The van der Waals surface area contributed by atoms with E-state index in [9.17, 15) is 0 Å². The molecule has 0 radical (unpaired) electrons. The van der Waals surface area contributed by atoms with Crippen LogP contribution in [0.5, 0.6) is 5.88 Å². The van der Waals surface area contributed by atoms with Gasteiger partial charge in [0.15, 0.2) is 0 Å². The van der Waals surface area contributed by atoms with E-state index in [0.717, 1.165) is 25.3 Å². The Morgan fingerprint density at radius 2 is 2.24 bits per heavy atom. The second-order valence-electron chi connectivity index (χ2n) is 4.24. The van der Waals surface area contributed by atoms with E-state index in [4.69, 9.17) is 4.74 Å². The zero-order valence-corrected chi connectivity index (χ0v) is 11.2. The smallest absolute Gasteiger partial charge is 0.214 e. The molecule has 0 bridgehead atoms. The van der Waals surface area contributed by atoms with Crippen LogP contribution in [0.15, 0.2) is 18.3 Å². The Morgan fingerprint density at radius 3 is 2.82 bits per heavy atom. The van der Waals surface area contributed by atoms with Crippen molar-refractivity contribution >= 4 is 5.69 Å². The van der Waals surface area contributed by atoms with E-state index in [1.54, 1.807) is 13.3 Å². The topological polar surface area (TPSA) is 37.4 Å². The monoisotopic (exact) mass is 237 g/mol. The Labute approximate surface area is 104 Å². The largest absolute Gasteiger partial charge is 0.481 e. The lowest BCUT2D eigenvalue weighted by Crippen LogP contribution is -2.34. The van der Waals surface area contributed by atoms with Crippen molar-refractivity contribution in [1.82, 2.24) is 10.3 Å². The molecule has 1 rings (SSSR count). The molecule has 0 atom stereocenters. The first-order valence-corrected chi connectivity index (χ1v) is 6.15. The van der Waals surface area contributed by atoms with Crippen molar-refractivity contribution in [3.8, 4) is 5.88 Å². The molecule has 4 nitrogen and oxygen atoms in total. The summed E-state index contributed by atoms with van der Waals surface area (Å²) in [6.07, 6.45) is 1.78. The van der Waals surface area contributed by atoms with Crippen molar-refractivity contribution in [1.29, 1.82) is 0 Å². The fraction of sp³-hybridized carbons (Fsp3) is 0.615. The van der Waals surface area contributed by atoms with Gasteiger partial charge in [-0.3, -0.25) is 0 Å². The average Bonchev–Trinajstić information content (AvgIpc) is 2.34. The molecule has 0 aromatic carbocycles. The molecule has 0 amide bonds. The fourth-order valence-corrected chi connectivity index (χ4v) is 1.67. The molecule has 1 aromatic heterocycles. The highest BCUT2D eigenvalue weighted by Crippen LogP contribution is 2.17. The Morgan fingerprint density at radius 1 is 1.47 bits per heavy atom. The molecule has 0 aliphatic heterocycles. The maximum Gasteiger partial charge on any atom is 0.214 e. The van der Waals surface area contributed by atoms with E-state index in [0.29, 0.717) is 11.9 Å². The number of nitrogens with zero attached hydrogens (tertiary/aromatic N) is 2. The summed E-state index contributed by atoms with van der Waals surface area (Å²) >= 11 is 0. The predicted octanol–water partition coefficient (Wildman–Crippen LogP) is 1.91. The molecular weight excluding hydrogens is 214 g/mol. The molecule has 0 aliphatic rings. The number of likely N-dealkylation sites (N-methyl/N-ethyl adjacent to an activating group) is 1. The van der Waals surface area contributed by atoms with Gasteiger partial charge in [-0.15, -0.1) is 0 Å². The van der Waals surface area contributed by atoms with E-state index < -0.39 is 0 Å². The van der Waals surface area contributed by atoms with E-state index in [-0.39, 0.29) is 0 Å². The summed E-state index contributed by atoms with van der Waals surface area (Å²) in [5.74, 6) is 0.665. The summed E-state index contributed by atoms with van der Waals surface area (Å²) in [6, 6.07) is 4.51. The van der Waals surface area contributed by atoms with Gasteiger partial charge in [0, 0.05) is 43.6 Å². The molecule has 1 N–H and O–H groups in total. The summed E-state index contributed by atoms with van der Waals surface area (Å²) in [6.45, 7) is 9.42.